The van der Waals surface area contributed by atoms with Gasteiger partial charge in [0.25, 0.3) is 0 Å². The molecule has 2 N–H and O–H groups in total. The molecule has 0 amide bonds. The second kappa shape index (κ2) is 7.96. The summed E-state index contributed by atoms with van der Waals surface area (Å²) >= 11 is 5.98. The van der Waals surface area contributed by atoms with Crippen LogP contribution in [0.2, 0.25) is 5.02 Å². The molecular weight excluding hydrogens is 300 g/mol. The van der Waals surface area contributed by atoms with Crippen LogP contribution in [-0.2, 0) is 4.74 Å². The number of halogens is 1. The van der Waals surface area contributed by atoms with Crippen LogP contribution in [0.25, 0.3) is 0 Å². The van der Waals surface area contributed by atoms with Crippen LogP contribution < -0.4 is 10.6 Å². The Morgan fingerprint density at radius 3 is 2.73 bits per heavy atom. The molecule has 0 fully saturated rings. The van der Waals surface area contributed by atoms with Crippen molar-refractivity contribution in [2.45, 2.75) is 20.3 Å². The molecule has 0 aliphatic carbocycles. The highest BCUT2D eigenvalue weighted by atomic mass is 35.5. The van der Waals surface area contributed by atoms with Gasteiger partial charge in [0.2, 0.25) is 5.95 Å². The quantitative estimate of drug-likeness (QED) is 0.757. The first-order valence-corrected chi connectivity index (χ1v) is 7.58. The SMILES string of the molecule is COCCCNc1nc(C)cc(Nc2ccc(Cl)cc2C)n1. The minimum atomic E-state index is 0.616. The first-order chi connectivity index (χ1) is 10.6. The third-order valence-corrected chi connectivity index (χ3v) is 3.35. The number of benzene rings is 1. The second-order valence-electron chi connectivity index (χ2n) is 5.08. The van der Waals surface area contributed by atoms with E-state index in [4.69, 9.17) is 16.3 Å². The normalized spacial score (nSPS) is 10.5. The second-order valence-corrected chi connectivity index (χ2v) is 5.51. The lowest BCUT2D eigenvalue weighted by atomic mass is 10.2. The van der Waals surface area contributed by atoms with Crippen LogP contribution in [0.3, 0.4) is 0 Å². The van der Waals surface area contributed by atoms with E-state index in [1.807, 2.05) is 38.1 Å². The van der Waals surface area contributed by atoms with Crippen LogP contribution in [0.5, 0.6) is 0 Å². The van der Waals surface area contributed by atoms with Crippen molar-refractivity contribution in [2.24, 2.45) is 0 Å². The van der Waals surface area contributed by atoms with Crippen LogP contribution in [0.4, 0.5) is 17.5 Å². The van der Waals surface area contributed by atoms with Crippen molar-refractivity contribution in [1.82, 2.24) is 9.97 Å². The zero-order valence-corrected chi connectivity index (χ0v) is 13.9. The van der Waals surface area contributed by atoms with Gasteiger partial charge in [0, 0.05) is 42.7 Å². The molecule has 0 radical (unpaired) electrons. The van der Waals surface area contributed by atoms with Crippen molar-refractivity contribution in [1.29, 1.82) is 0 Å². The smallest absolute Gasteiger partial charge is 0.224 e. The molecule has 1 heterocycles. The van der Waals surface area contributed by atoms with Crippen molar-refractivity contribution in [3.8, 4) is 0 Å². The summed E-state index contributed by atoms with van der Waals surface area (Å²) in [6.07, 6.45) is 0.910. The number of hydrogen-bond donors (Lipinski definition) is 2. The van der Waals surface area contributed by atoms with Gasteiger partial charge in [-0.05, 0) is 44.0 Å². The van der Waals surface area contributed by atoms with Crippen LogP contribution in [0, 0.1) is 13.8 Å². The van der Waals surface area contributed by atoms with Gasteiger partial charge in [0.15, 0.2) is 0 Å². The highest BCUT2D eigenvalue weighted by Crippen LogP contribution is 2.23. The monoisotopic (exact) mass is 320 g/mol. The minimum absolute atomic E-state index is 0.616. The molecule has 0 saturated carbocycles. The van der Waals surface area contributed by atoms with Crippen molar-refractivity contribution in [2.75, 3.05) is 30.9 Å². The zero-order valence-electron chi connectivity index (χ0n) is 13.1. The predicted molar refractivity (Wildman–Crippen MR) is 91.2 cm³/mol. The molecule has 1 aromatic heterocycles. The van der Waals surface area contributed by atoms with E-state index in [1.165, 1.54) is 0 Å². The average molecular weight is 321 g/mol. The molecule has 0 unspecified atom stereocenters. The van der Waals surface area contributed by atoms with E-state index in [1.54, 1.807) is 7.11 Å². The fourth-order valence-corrected chi connectivity index (χ4v) is 2.26. The van der Waals surface area contributed by atoms with Gasteiger partial charge in [-0.1, -0.05) is 11.6 Å². The van der Waals surface area contributed by atoms with Crippen molar-refractivity contribution in [3.05, 3.63) is 40.5 Å². The summed E-state index contributed by atoms with van der Waals surface area (Å²) in [6.45, 7) is 5.44. The molecule has 0 aliphatic rings. The van der Waals surface area contributed by atoms with E-state index in [-0.39, 0.29) is 0 Å². The van der Waals surface area contributed by atoms with Gasteiger partial charge in [-0.25, -0.2) is 4.98 Å². The van der Waals surface area contributed by atoms with E-state index >= 15 is 0 Å². The number of anilines is 3. The summed E-state index contributed by atoms with van der Waals surface area (Å²) < 4.78 is 5.03. The Morgan fingerprint density at radius 2 is 2.00 bits per heavy atom. The van der Waals surface area contributed by atoms with Crippen LogP contribution in [-0.4, -0.2) is 30.2 Å². The Balaban J connectivity index is 2.08. The first-order valence-electron chi connectivity index (χ1n) is 7.20. The Bertz CT molecular complexity index is 634. The average Bonchev–Trinajstić information content (AvgIpc) is 2.46. The third-order valence-electron chi connectivity index (χ3n) is 3.11. The van der Waals surface area contributed by atoms with Crippen molar-refractivity contribution < 1.29 is 4.74 Å². The van der Waals surface area contributed by atoms with Crippen molar-refractivity contribution >= 4 is 29.1 Å². The molecule has 0 aliphatic heterocycles. The highest BCUT2D eigenvalue weighted by molar-refractivity contribution is 6.30. The highest BCUT2D eigenvalue weighted by Gasteiger charge is 2.05. The molecule has 22 heavy (non-hydrogen) atoms. The van der Waals surface area contributed by atoms with E-state index in [2.05, 4.69) is 20.6 Å². The van der Waals surface area contributed by atoms with E-state index in [0.717, 1.165) is 40.8 Å². The molecule has 2 aromatic rings. The van der Waals surface area contributed by atoms with Gasteiger partial charge in [0.05, 0.1) is 0 Å². The molecule has 0 saturated heterocycles. The van der Waals surface area contributed by atoms with E-state index in [0.29, 0.717) is 12.6 Å². The maximum Gasteiger partial charge on any atom is 0.224 e. The maximum atomic E-state index is 5.98. The fraction of sp³-hybridized carbons (Fsp3) is 0.375. The van der Waals surface area contributed by atoms with Crippen molar-refractivity contribution in [3.63, 3.8) is 0 Å². The van der Waals surface area contributed by atoms with Gasteiger partial charge < -0.3 is 15.4 Å². The predicted octanol–water partition coefficient (Wildman–Crippen LogP) is 3.94. The zero-order chi connectivity index (χ0) is 15.9. The summed E-state index contributed by atoms with van der Waals surface area (Å²) in [6, 6.07) is 7.63. The number of methoxy groups -OCH3 is 1. The number of nitrogens with zero attached hydrogens (tertiary/aromatic N) is 2. The summed E-state index contributed by atoms with van der Waals surface area (Å²) in [5, 5.41) is 7.24. The maximum absolute atomic E-state index is 5.98. The Hall–Kier alpha value is -1.85. The number of aryl methyl sites for hydroxylation is 2. The summed E-state index contributed by atoms with van der Waals surface area (Å²) in [4.78, 5) is 8.87. The molecule has 6 heteroatoms. The lowest BCUT2D eigenvalue weighted by Gasteiger charge is -2.12. The molecule has 1 aromatic carbocycles. The molecular formula is C16H21ClN4O. The number of aromatic nitrogens is 2. The number of ether oxygens (including phenoxy) is 1. The fourth-order valence-electron chi connectivity index (χ4n) is 2.03. The standard InChI is InChI=1S/C16H21ClN4O/c1-11-9-13(17)5-6-14(11)20-15-10-12(2)19-16(21-15)18-7-4-8-22-3/h5-6,9-10H,4,7-8H2,1-3H3,(H2,18,19,20,21). The topological polar surface area (TPSA) is 59.1 Å². The lowest BCUT2D eigenvalue weighted by molar-refractivity contribution is 0.197. The largest absolute Gasteiger partial charge is 0.385 e. The minimum Gasteiger partial charge on any atom is -0.385 e. The molecule has 2 rings (SSSR count). The van der Waals surface area contributed by atoms with Gasteiger partial charge in [0.1, 0.15) is 5.82 Å². The van der Waals surface area contributed by atoms with Gasteiger partial charge in [-0.2, -0.15) is 4.98 Å². The van der Waals surface area contributed by atoms with Crippen LogP contribution in [0.1, 0.15) is 17.7 Å². The van der Waals surface area contributed by atoms with Gasteiger partial charge in [-0.3, -0.25) is 0 Å². The molecule has 0 spiro atoms. The summed E-state index contributed by atoms with van der Waals surface area (Å²) in [7, 11) is 1.69. The van der Waals surface area contributed by atoms with E-state index < -0.39 is 0 Å². The van der Waals surface area contributed by atoms with E-state index in [9.17, 15) is 0 Å². The molecule has 5 nitrogen and oxygen atoms in total. The summed E-state index contributed by atoms with van der Waals surface area (Å²) in [5.41, 5.74) is 2.95. The number of hydrogen-bond acceptors (Lipinski definition) is 5. The molecule has 0 bridgehead atoms. The summed E-state index contributed by atoms with van der Waals surface area (Å²) in [5.74, 6) is 1.37. The van der Waals surface area contributed by atoms with Gasteiger partial charge in [-0.15, -0.1) is 0 Å². The molecule has 0 atom stereocenters. The Labute approximate surface area is 136 Å². The van der Waals surface area contributed by atoms with Crippen LogP contribution >= 0.6 is 11.6 Å². The Morgan fingerprint density at radius 1 is 1.18 bits per heavy atom. The lowest BCUT2D eigenvalue weighted by Crippen LogP contribution is -2.09. The third kappa shape index (κ3) is 4.86. The number of nitrogens with one attached hydrogen (secondary N) is 2. The van der Waals surface area contributed by atoms with Crippen LogP contribution in [0.15, 0.2) is 24.3 Å². The number of rotatable bonds is 7. The Kier molecular flexibility index (Phi) is 5.98. The first kappa shape index (κ1) is 16.5. The molecule has 118 valence electrons. The van der Waals surface area contributed by atoms with Gasteiger partial charge >= 0.3 is 0 Å².